The van der Waals surface area contributed by atoms with Gasteiger partial charge in [-0.3, -0.25) is 4.68 Å². The van der Waals surface area contributed by atoms with Crippen LogP contribution in [0.2, 0.25) is 0 Å². The summed E-state index contributed by atoms with van der Waals surface area (Å²) in [5.41, 5.74) is 6.75. The smallest absolute Gasteiger partial charge is 0.163 e. The minimum Gasteiger partial charge on any atom is -0.383 e. The zero-order valence-corrected chi connectivity index (χ0v) is 13.2. The molecule has 110 valence electrons. The van der Waals surface area contributed by atoms with Crippen LogP contribution in [0, 0.1) is 0 Å². The number of thioether (sulfide) groups is 1. The van der Waals surface area contributed by atoms with Gasteiger partial charge in [0.05, 0.1) is 17.3 Å². The maximum Gasteiger partial charge on any atom is 0.163 e. The highest BCUT2D eigenvalue weighted by molar-refractivity contribution is 7.98. The van der Waals surface area contributed by atoms with Gasteiger partial charge in [0, 0.05) is 19.3 Å². The lowest BCUT2D eigenvalue weighted by Crippen LogP contribution is -2.25. The molecule has 0 radical (unpaired) electrons. The Balaban J connectivity index is 1.95. The van der Waals surface area contributed by atoms with Gasteiger partial charge in [-0.1, -0.05) is 13.8 Å². The van der Waals surface area contributed by atoms with Crippen LogP contribution in [0.15, 0.2) is 6.20 Å². The average molecular weight is 294 g/mol. The SMILES string of the molecule is CCN(CC)CCSCc1nc(N)c2cnn(C)c2n1. The van der Waals surface area contributed by atoms with E-state index in [4.69, 9.17) is 5.73 Å². The van der Waals surface area contributed by atoms with Crippen LogP contribution in [0.5, 0.6) is 0 Å². The van der Waals surface area contributed by atoms with Crippen LogP contribution < -0.4 is 5.73 Å². The molecule has 0 spiro atoms. The van der Waals surface area contributed by atoms with Crippen molar-refractivity contribution in [1.29, 1.82) is 0 Å². The molecule has 0 aliphatic heterocycles. The molecule has 0 amide bonds. The summed E-state index contributed by atoms with van der Waals surface area (Å²) in [6.07, 6.45) is 1.71. The van der Waals surface area contributed by atoms with E-state index in [1.54, 1.807) is 10.9 Å². The molecule has 0 saturated carbocycles. The molecule has 6 nitrogen and oxygen atoms in total. The molecular formula is C13H22N6S. The van der Waals surface area contributed by atoms with Crippen LogP contribution in [-0.2, 0) is 12.8 Å². The first-order valence-electron chi connectivity index (χ1n) is 6.89. The largest absolute Gasteiger partial charge is 0.383 e. The van der Waals surface area contributed by atoms with Gasteiger partial charge in [-0.05, 0) is 13.1 Å². The van der Waals surface area contributed by atoms with Crippen LogP contribution in [0.4, 0.5) is 5.82 Å². The summed E-state index contributed by atoms with van der Waals surface area (Å²) in [6, 6.07) is 0. The van der Waals surface area contributed by atoms with Gasteiger partial charge in [-0.25, -0.2) is 9.97 Å². The van der Waals surface area contributed by atoms with Crippen LogP contribution in [0.25, 0.3) is 11.0 Å². The average Bonchev–Trinajstić information content (AvgIpc) is 2.81. The Kier molecular flexibility index (Phi) is 5.19. The molecule has 0 atom stereocenters. The Hall–Kier alpha value is -1.34. The highest BCUT2D eigenvalue weighted by atomic mass is 32.2. The van der Waals surface area contributed by atoms with E-state index >= 15 is 0 Å². The Morgan fingerprint density at radius 1 is 1.30 bits per heavy atom. The van der Waals surface area contributed by atoms with Gasteiger partial charge in [0.25, 0.3) is 0 Å². The number of nitrogens with zero attached hydrogens (tertiary/aromatic N) is 5. The van der Waals surface area contributed by atoms with Crippen molar-refractivity contribution in [2.45, 2.75) is 19.6 Å². The summed E-state index contributed by atoms with van der Waals surface area (Å²) in [5.74, 6) is 3.16. The maximum atomic E-state index is 5.94. The first-order valence-corrected chi connectivity index (χ1v) is 8.05. The monoisotopic (exact) mass is 294 g/mol. The van der Waals surface area contributed by atoms with Crippen molar-refractivity contribution in [2.24, 2.45) is 7.05 Å². The minimum absolute atomic E-state index is 0.516. The molecule has 2 heterocycles. The van der Waals surface area contributed by atoms with E-state index in [-0.39, 0.29) is 0 Å². The van der Waals surface area contributed by atoms with Gasteiger partial charge in [0.2, 0.25) is 0 Å². The Labute approximate surface area is 123 Å². The first kappa shape index (κ1) is 15.1. The number of hydrogen-bond acceptors (Lipinski definition) is 6. The van der Waals surface area contributed by atoms with Gasteiger partial charge in [-0.15, -0.1) is 0 Å². The zero-order chi connectivity index (χ0) is 14.5. The Morgan fingerprint density at radius 3 is 2.75 bits per heavy atom. The summed E-state index contributed by atoms with van der Waals surface area (Å²) < 4.78 is 1.73. The first-order chi connectivity index (χ1) is 9.65. The third-order valence-corrected chi connectivity index (χ3v) is 4.28. The number of anilines is 1. The summed E-state index contributed by atoms with van der Waals surface area (Å²) in [7, 11) is 1.87. The maximum absolute atomic E-state index is 5.94. The van der Waals surface area contributed by atoms with E-state index in [0.717, 1.165) is 48.0 Å². The predicted molar refractivity (Wildman–Crippen MR) is 84.7 cm³/mol. The van der Waals surface area contributed by atoms with Gasteiger partial charge < -0.3 is 10.6 Å². The van der Waals surface area contributed by atoms with Gasteiger partial charge in [0.1, 0.15) is 11.6 Å². The number of aryl methyl sites for hydroxylation is 1. The summed E-state index contributed by atoms with van der Waals surface area (Å²) in [6.45, 7) is 7.67. The number of nitrogen functional groups attached to an aromatic ring is 1. The van der Waals surface area contributed by atoms with Gasteiger partial charge in [-0.2, -0.15) is 16.9 Å². The third kappa shape index (κ3) is 3.40. The molecule has 0 aromatic carbocycles. The van der Waals surface area contributed by atoms with Gasteiger partial charge >= 0.3 is 0 Å². The molecular weight excluding hydrogens is 272 g/mol. The molecule has 0 fully saturated rings. The number of fused-ring (bicyclic) bond motifs is 1. The lowest BCUT2D eigenvalue weighted by molar-refractivity contribution is 0.324. The lowest BCUT2D eigenvalue weighted by Gasteiger charge is -2.17. The summed E-state index contributed by atoms with van der Waals surface area (Å²) in [5, 5.41) is 4.98. The topological polar surface area (TPSA) is 72.9 Å². The lowest BCUT2D eigenvalue weighted by atomic mass is 10.4. The fraction of sp³-hybridized carbons (Fsp3) is 0.615. The molecule has 0 unspecified atom stereocenters. The predicted octanol–water partition coefficient (Wildman–Crippen LogP) is 1.52. The van der Waals surface area contributed by atoms with Crippen molar-refractivity contribution in [3.8, 4) is 0 Å². The highest BCUT2D eigenvalue weighted by Gasteiger charge is 2.09. The molecule has 20 heavy (non-hydrogen) atoms. The van der Waals surface area contributed by atoms with E-state index in [2.05, 4.69) is 33.8 Å². The third-order valence-electron chi connectivity index (χ3n) is 3.35. The zero-order valence-electron chi connectivity index (χ0n) is 12.3. The Bertz CT molecular complexity index is 563. The molecule has 0 bridgehead atoms. The van der Waals surface area contributed by atoms with E-state index in [0.29, 0.717) is 5.82 Å². The molecule has 0 aliphatic rings. The van der Waals surface area contributed by atoms with Crippen molar-refractivity contribution < 1.29 is 0 Å². The molecule has 2 aromatic rings. The standard InChI is InChI=1S/C13H22N6S/c1-4-19(5-2)6-7-20-9-11-16-12(14)10-8-15-18(3)13(10)17-11/h8H,4-7,9H2,1-3H3,(H2,14,16,17). The molecule has 2 N–H and O–H groups in total. The number of aromatic nitrogens is 4. The fourth-order valence-electron chi connectivity index (χ4n) is 2.05. The van der Waals surface area contributed by atoms with Crippen molar-refractivity contribution in [3.05, 3.63) is 12.0 Å². The van der Waals surface area contributed by atoms with Crippen molar-refractivity contribution >= 4 is 28.6 Å². The second kappa shape index (κ2) is 6.90. The van der Waals surface area contributed by atoms with Crippen LogP contribution >= 0.6 is 11.8 Å². The number of hydrogen-bond donors (Lipinski definition) is 1. The van der Waals surface area contributed by atoms with Crippen LogP contribution in [0.1, 0.15) is 19.7 Å². The van der Waals surface area contributed by atoms with Crippen molar-refractivity contribution in [1.82, 2.24) is 24.6 Å². The molecule has 7 heteroatoms. The van der Waals surface area contributed by atoms with E-state index in [9.17, 15) is 0 Å². The number of nitrogens with two attached hydrogens (primary N) is 1. The summed E-state index contributed by atoms with van der Waals surface area (Å²) in [4.78, 5) is 11.3. The van der Waals surface area contributed by atoms with E-state index in [1.807, 2.05) is 18.8 Å². The van der Waals surface area contributed by atoms with Crippen LogP contribution in [0.3, 0.4) is 0 Å². The normalized spacial score (nSPS) is 11.6. The van der Waals surface area contributed by atoms with E-state index < -0.39 is 0 Å². The summed E-state index contributed by atoms with van der Waals surface area (Å²) >= 11 is 1.84. The molecule has 0 aliphatic carbocycles. The van der Waals surface area contributed by atoms with Crippen LogP contribution in [-0.4, -0.2) is 50.0 Å². The quantitative estimate of drug-likeness (QED) is 0.781. The number of rotatable bonds is 7. The van der Waals surface area contributed by atoms with Crippen molar-refractivity contribution in [2.75, 3.05) is 31.1 Å². The highest BCUT2D eigenvalue weighted by Crippen LogP contribution is 2.18. The van der Waals surface area contributed by atoms with E-state index in [1.165, 1.54) is 0 Å². The minimum atomic E-state index is 0.516. The van der Waals surface area contributed by atoms with Crippen molar-refractivity contribution in [3.63, 3.8) is 0 Å². The van der Waals surface area contributed by atoms with Gasteiger partial charge in [0.15, 0.2) is 5.65 Å². The fourth-order valence-corrected chi connectivity index (χ4v) is 2.90. The molecule has 2 aromatic heterocycles. The molecule has 0 saturated heterocycles. The molecule has 2 rings (SSSR count). The second-order valence-electron chi connectivity index (χ2n) is 4.61. The second-order valence-corrected chi connectivity index (χ2v) is 5.72. The Morgan fingerprint density at radius 2 is 2.05 bits per heavy atom.